The monoisotopic (exact) mass is 374 g/mol. The topological polar surface area (TPSA) is 67.2 Å². The van der Waals surface area contributed by atoms with Crippen molar-refractivity contribution >= 4 is 34.9 Å². The average Bonchev–Trinajstić information content (AvgIpc) is 3.04. The molecule has 6 nitrogen and oxygen atoms in total. The SMILES string of the molecule is CCn1c(NC(=O)C[C@H]2c3ccccc3C=CN2C(C)=O)nc2ccccc21. The Labute approximate surface area is 163 Å². The number of para-hydroxylation sites is 2. The zero-order chi connectivity index (χ0) is 19.7. The number of amides is 2. The molecule has 142 valence electrons. The van der Waals surface area contributed by atoms with Crippen LogP contribution in [0, 0.1) is 0 Å². The smallest absolute Gasteiger partial charge is 0.229 e. The van der Waals surface area contributed by atoms with Crippen LogP contribution in [0.1, 0.15) is 37.4 Å². The second-order valence-corrected chi connectivity index (χ2v) is 6.81. The third-order valence-electron chi connectivity index (χ3n) is 5.07. The maximum Gasteiger partial charge on any atom is 0.229 e. The first-order valence-electron chi connectivity index (χ1n) is 9.39. The number of nitrogens with one attached hydrogen (secondary N) is 1. The van der Waals surface area contributed by atoms with E-state index in [-0.39, 0.29) is 24.3 Å². The van der Waals surface area contributed by atoms with Crippen LogP contribution in [-0.4, -0.2) is 26.3 Å². The lowest BCUT2D eigenvalue weighted by Gasteiger charge is -2.32. The average molecular weight is 374 g/mol. The molecule has 0 aliphatic carbocycles. The van der Waals surface area contributed by atoms with Gasteiger partial charge in [0.25, 0.3) is 0 Å². The van der Waals surface area contributed by atoms with Gasteiger partial charge in [-0.1, -0.05) is 36.4 Å². The highest BCUT2D eigenvalue weighted by molar-refractivity contribution is 5.92. The second-order valence-electron chi connectivity index (χ2n) is 6.81. The number of aromatic nitrogens is 2. The quantitative estimate of drug-likeness (QED) is 0.752. The minimum Gasteiger partial charge on any atom is -0.311 e. The number of anilines is 1. The van der Waals surface area contributed by atoms with Crippen molar-refractivity contribution in [2.24, 2.45) is 0 Å². The first-order chi connectivity index (χ1) is 13.6. The number of hydrogen-bond donors (Lipinski definition) is 1. The van der Waals surface area contributed by atoms with E-state index in [0.717, 1.165) is 22.2 Å². The lowest BCUT2D eigenvalue weighted by molar-refractivity contribution is -0.129. The zero-order valence-corrected chi connectivity index (χ0v) is 15.9. The van der Waals surface area contributed by atoms with Gasteiger partial charge in [-0.05, 0) is 36.3 Å². The van der Waals surface area contributed by atoms with Crippen LogP contribution < -0.4 is 5.32 Å². The van der Waals surface area contributed by atoms with Gasteiger partial charge >= 0.3 is 0 Å². The van der Waals surface area contributed by atoms with Crippen molar-refractivity contribution in [3.05, 3.63) is 65.9 Å². The van der Waals surface area contributed by atoms with Crippen molar-refractivity contribution < 1.29 is 9.59 Å². The molecule has 0 radical (unpaired) electrons. The van der Waals surface area contributed by atoms with Crippen molar-refractivity contribution in [3.63, 3.8) is 0 Å². The van der Waals surface area contributed by atoms with Crippen molar-refractivity contribution in [1.82, 2.24) is 14.5 Å². The Bertz CT molecular complexity index is 1080. The molecule has 2 amide bonds. The number of rotatable bonds is 4. The summed E-state index contributed by atoms with van der Waals surface area (Å²) in [6.07, 6.45) is 3.82. The van der Waals surface area contributed by atoms with E-state index >= 15 is 0 Å². The maximum absolute atomic E-state index is 12.9. The number of nitrogens with zero attached hydrogens (tertiary/aromatic N) is 3. The van der Waals surface area contributed by atoms with Gasteiger partial charge in [-0.2, -0.15) is 0 Å². The normalized spacial score (nSPS) is 15.5. The van der Waals surface area contributed by atoms with Crippen LogP contribution >= 0.6 is 0 Å². The van der Waals surface area contributed by atoms with Crippen LogP contribution in [0.25, 0.3) is 17.1 Å². The van der Waals surface area contributed by atoms with Crippen LogP contribution in [0.4, 0.5) is 5.95 Å². The fourth-order valence-corrected chi connectivity index (χ4v) is 3.76. The van der Waals surface area contributed by atoms with Crippen LogP contribution in [0.3, 0.4) is 0 Å². The van der Waals surface area contributed by atoms with Gasteiger partial charge in [0.1, 0.15) is 0 Å². The van der Waals surface area contributed by atoms with Gasteiger partial charge in [0.15, 0.2) is 0 Å². The summed E-state index contributed by atoms with van der Waals surface area (Å²) in [5.74, 6) is 0.262. The Balaban J connectivity index is 1.61. The second kappa shape index (κ2) is 7.31. The summed E-state index contributed by atoms with van der Waals surface area (Å²) in [4.78, 5) is 31.1. The van der Waals surface area contributed by atoms with Gasteiger partial charge in [0.2, 0.25) is 17.8 Å². The Morgan fingerprint density at radius 1 is 1.11 bits per heavy atom. The van der Waals surface area contributed by atoms with Crippen molar-refractivity contribution in [1.29, 1.82) is 0 Å². The molecule has 6 heteroatoms. The first-order valence-corrected chi connectivity index (χ1v) is 9.39. The molecule has 0 spiro atoms. The molecular weight excluding hydrogens is 352 g/mol. The summed E-state index contributed by atoms with van der Waals surface area (Å²) in [7, 11) is 0. The molecule has 3 aromatic rings. The van der Waals surface area contributed by atoms with Crippen LogP contribution in [0.15, 0.2) is 54.7 Å². The third-order valence-corrected chi connectivity index (χ3v) is 5.07. The van der Waals surface area contributed by atoms with Crippen LogP contribution in [0.2, 0.25) is 0 Å². The van der Waals surface area contributed by atoms with Crippen molar-refractivity contribution in [2.45, 2.75) is 32.9 Å². The molecule has 1 N–H and O–H groups in total. The van der Waals surface area contributed by atoms with Gasteiger partial charge in [-0.15, -0.1) is 0 Å². The Morgan fingerprint density at radius 3 is 2.64 bits per heavy atom. The zero-order valence-electron chi connectivity index (χ0n) is 15.9. The lowest BCUT2D eigenvalue weighted by Crippen LogP contribution is -2.33. The third kappa shape index (κ3) is 3.17. The van der Waals surface area contributed by atoms with E-state index in [1.807, 2.05) is 66.1 Å². The van der Waals surface area contributed by atoms with Gasteiger partial charge in [-0.3, -0.25) is 14.9 Å². The van der Waals surface area contributed by atoms with Crippen molar-refractivity contribution in [3.8, 4) is 0 Å². The van der Waals surface area contributed by atoms with Crippen LogP contribution in [0.5, 0.6) is 0 Å². The van der Waals surface area contributed by atoms with E-state index in [2.05, 4.69) is 10.3 Å². The van der Waals surface area contributed by atoms with E-state index in [1.54, 1.807) is 11.1 Å². The molecule has 0 saturated carbocycles. The number of benzene rings is 2. The van der Waals surface area contributed by atoms with E-state index in [4.69, 9.17) is 0 Å². The number of imidazole rings is 1. The molecule has 0 unspecified atom stereocenters. The van der Waals surface area contributed by atoms with Gasteiger partial charge in [-0.25, -0.2) is 4.98 Å². The molecule has 1 aliphatic rings. The lowest BCUT2D eigenvalue weighted by atomic mass is 9.93. The summed E-state index contributed by atoms with van der Waals surface area (Å²) >= 11 is 0. The summed E-state index contributed by atoms with van der Waals surface area (Å²) in [6, 6.07) is 15.3. The Morgan fingerprint density at radius 2 is 1.86 bits per heavy atom. The highest BCUT2D eigenvalue weighted by Gasteiger charge is 2.28. The van der Waals surface area contributed by atoms with Crippen molar-refractivity contribution in [2.75, 3.05) is 5.32 Å². The maximum atomic E-state index is 12.9. The van der Waals surface area contributed by atoms with Gasteiger partial charge in [0.05, 0.1) is 23.5 Å². The number of aryl methyl sites for hydroxylation is 1. The van der Waals surface area contributed by atoms with E-state index < -0.39 is 0 Å². The number of hydrogen-bond acceptors (Lipinski definition) is 3. The summed E-state index contributed by atoms with van der Waals surface area (Å²) < 4.78 is 1.98. The minimum absolute atomic E-state index is 0.0932. The molecule has 1 aromatic heterocycles. The molecule has 2 aromatic carbocycles. The highest BCUT2D eigenvalue weighted by atomic mass is 16.2. The molecule has 0 fully saturated rings. The Kier molecular flexibility index (Phi) is 4.69. The minimum atomic E-state index is -0.335. The molecule has 1 atom stereocenters. The molecular formula is C22H22N4O2. The molecule has 0 bridgehead atoms. The molecule has 0 saturated heterocycles. The van der Waals surface area contributed by atoms with E-state index in [0.29, 0.717) is 12.5 Å². The first kappa shape index (κ1) is 18.0. The summed E-state index contributed by atoms with van der Waals surface area (Å²) in [6.45, 7) is 4.23. The number of carbonyl (C=O) groups excluding carboxylic acids is 2. The fraction of sp³-hybridized carbons (Fsp3) is 0.227. The van der Waals surface area contributed by atoms with Crippen LogP contribution in [-0.2, 0) is 16.1 Å². The number of carbonyl (C=O) groups is 2. The Hall–Kier alpha value is -3.41. The summed E-state index contributed by atoms with van der Waals surface area (Å²) in [5, 5.41) is 2.94. The molecule has 28 heavy (non-hydrogen) atoms. The standard InChI is InChI=1S/C22H22N4O2/c1-3-25-19-11-7-6-10-18(19)23-22(25)24-21(28)14-20-17-9-5-4-8-16(17)12-13-26(20)15(2)27/h4-13,20H,3,14H2,1-2H3,(H,23,24,28)/t20-/m0/s1. The predicted molar refractivity (Wildman–Crippen MR) is 109 cm³/mol. The largest absolute Gasteiger partial charge is 0.311 e. The van der Waals surface area contributed by atoms with E-state index in [1.165, 1.54) is 6.92 Å². The van der Waals surface area contributed by atoms with E-state index in [9.17, 15) is 9.59 Å². The predicted octanol–water partition coefficient (Wildman–Crippen LogP) is 3.96. The fourth-order valence-electron chi connectivity index (χ4n) is 3.76. The van der Waals surface area contributed by atoms with Gasteiger partial charge < -0.3 is 9.47 Å². The summed E-state index contributed by atoms with van der Waals surface area (Å²) in [5.41, 5.74) is 3.82. The molecule has 2 heterocycles. The number of fused-ring (bicyclic) bond motifs is 2. The van der Waals surface area contributed by atoms with Gasteiger partial charge in [0, 0.05) is 19.7 Å². The molecule has 4 rings (SSSR count). The molecule has 1 aliphatic heterocycles. The highest BCUT2D eigenvalue weighted by Crippen LogP contribution is 2.33.